The van der Waals surface area contributed by atoms with Crippen molar-refractivity contribution in [3.05, 3.63) is 45.4 Å². The van der Waals surface area contributed by atoms with Crippen LogP contribution in [-0.4, -0.2) is 36.1 Å². The first-order valence-electron chi connectivity index (χ1n) is 8.17. The molecule has 2 heterocycles. The van der Waals surface area contributed by atoms with Gasteiger partial charge in [0.1, 0.15) is 0 Å². The van der Waals surface area contributed by atoms with Gasteiger partial charge in [-0.05, 0) is 32.0 Å². The van der Waals surface area contributed by atoms with Gasteiger partial charge < -0.3 is 20.1 Å². The van der Waals surface area contributed by atoms with E-state index in [0.717, 1.165) is 21.1 Å². The van der Waals surface area contributed by atoms with Crippen LogP contribution in [0.5, 0.6) is 0 Å². The summed E-state index contributed by atoms with van der Waals surface area (Å²) < 4.78 is 9.46. The minimum atomic E-state index is -0.460. The van der Waals surface area contributed by atoms with Gasteiger partial charge in [-0.15, -0.1) is 22.7 Å². The van der Waals surface area contributed by atoms with Gasteiger partial charge in [0.2, 0.25) is 0 Å². The number of anilines is 4. The Hall–Kier alpha value is -2.98. The zero-order valence-electron chi connectivity index (χ0n) is 15.7. The first-order chi connectivity index (χ1) is 13.4. The van der Waals surface area contributed by atoms with Crippen molar-refractivity contribution >= 4 is 56.3 Å². The predicted molar refractivity (Wildman–Crippen MR) is 109 cm³/mol. The molecule has 0 atom stereocenters. The van der Waals surface area contributed by atoms with Crippen molar-refractivity contribution in [1.29, 1.82) is 0 Å². The molecule has 3 aromatic rings. The second-order valence-electron chi connectivity index (χ2n) is 5.66. The number of esters is 2. The van der Waals surface area contributed by atoms with Gasteiger partial charge in [-0.2, -0.15) is 0 Å². The highest BCUT2D eigenvalue weighted by Gasteiger charge is 2.17. The van der Waals surface area contributed by atoms with E-state index in [2.05, 4.69) is 20.6 Å². The number of benzene rings is 1. The zero-order chi connectivity index (χ0) is 20.3. The minimum absolute atomic E-state index is 0.304. The van der Waals surface area contributed by atoms with Crippen LogP contribution >= 0.6 is 22.7 Å². The smallest absolute Gasteiger partial charge is 0.357 e. The Morgan fingerprint density at radius 1 is 0.857 bits per heavy atom. The molecule has 3 rings (SSSR count). The summed E-state index contributed by atoms with van der Waals surface area (Å²) in [5, 5.41) is 7.55. The number of hydrogen-bond acceptors (Lipinski definition) is 10. The fraction of sp³-hybridized carbons (Fsp3) is 0.222. The van der Waals surface area contributed by atoms with E-state index in [1.165, 1.54) is 36.9 Å². The number of carbonyl (C=O) groups excluding carboxylic acids is 2. The summed E-state index contributed by atoms with van der Waals surface area (Å²) in [4.78, 5) is 33.5. The summed E-state index contributed by atoms with van der Waals surface area (Å²) >= 11 is 2.74. The second-order valence-corrected chi connectivity index (χ2v) is 8.07. The van der Waals surface area contributed by atoms with Crippen molar-refractivity contribution < 1.29 is 19.1 Å². The molecule has 0 radical (unpaired) electrons. The SMILES string of the molecule is COC(=O)c1nc(Nc2cccc(Nc3nc(C(=O)OC)c(C)s3)c2)sc1C. The second kappa shape index (κ2) is 8.36. The van der Waals surface area contributed by atoms with E-state index in [1.807, 2.05) is 38.1 Å². The Bertz CT molecular complexity index is 951. The third-order valence-electron chi connectivity index (χ3n) is 3.72. The fourth-order valence-electron chi connectivity index (χ4n) is 2.39. The Kier molecular flexibility index (Phi) is 5.90. The van der Waals surface area contributed by atoms with Crippen LogP contribution in [0.1, 0.15) is 30.7 Å². The Morgan fingerprint density at radius 3 is 1.68 bits per heavy atom. The number of thiazole rings is 2. The molecule has 8 nitrogen and oxygen atoms in total. The van der Waals surface area contributed by atoms with Crippen LogP contribution in [0.2, 0.25) is 0 Å². The monoisotopic (exact) mass is 418 g/mol. The molecule has 0 fully saturated rings. The minimum Gasteiger partial charge on any atom is -0.464 e. The van der Waals surface area contributed by atoms with Gasteiger partial charge in [-0.3, -0.25) is 0 Å². The van der Waals surface area contributed by atoms with E-state index in [4.69, 9.17) is 9.47 Å². The molecule has 0 bridgehead atoms. The van der Waals surface area contributed by atoms with Crippen molar-refractivity contribution in [2.45, 2.75) is 13.8 Å². The summed E-state index contributed by atoms with van der Waals surface area (Å²) in [6, 6.07) is 7.51. The molecule has 0 spiro atoms. The van der Waals surface area contributed by atoms with E-state index in [-0.39, 0.29) is 0 Å². The van der Waals surface area contributed by atoms with Gasteiger partial charge in [0.05, 0.1) is 14.2 Å². The lowest BCUT2D eigenvalue weighted by Gasteiger charge is -2.06. The summed E-state index contributed by atoms with van der Waals surface area (Å²) in [5.41, 5.74) is 2.18. The van der Waals surface area contributed by atoms with Crippen molar-refractivity contribution in [1.82, 2.24) is 9.97 Å². The topological polar surface area (TPSA) is 102 Å². The molecule has 10 heteroatoms. The molecule has 146 valence electrons. The van der Waals surface area contributed by atoms with Gasteiger partial charge in [-0.1, -0.05) is 6.07 Å². The fourth-order valence-corrected chi connectivity index (χ4v) is 4.04. The Morgan fingerprint density at radius 2 is 1.29 bits per heavy atom. The average Bonchev–Trinajstić information content (AvgIpc) is 3.22. The number of nitrogens with zero attached hydrogens (tertiary/aromatic N) is 2. The molecule has 2 aromatic heterocycles. The van der Waals surface area contributed by atoms with Crippen molar-refractivity contribution in [3.63, 3.8) is 0 Å². The zero-order valence-corrected chi connectivity index (χ0v) is 17.3. The van der Waals surface area contributed by atoms with Crippen LogP contribution in [0.3, 0.4) is 0 Å². The Labute approximate surface area is 169 Å². The third kappa shape index (κ3) is 4.29. The van der Waals surface area contributed by atoms with Gasteiger partial charge in [0, 0.05) is 21.1 Å². The molecular weight excluding hydrogens is 400 g/mol. The lowest BCUT2D eigenvalue weighted by atomic mass is 10.3. The summed E-state index contributed by atoms with van der Waals surface area (Å²) in [5.74, 6) is -0.921. The lowest BCUT2D eigenvalue weighted by Crippen LogP contribution is -2.03. The molecule has 0 unspecified atom stereocenters. The molecule has 0 amide bonds. The first kappa shape index (κ1) is 19.8. The van der Waals surface area contributed by atoms with Crippen LogP contribution in [0.15, 0.2) is 24.3 Å². The molecule has 0 aliphatic heterocycles. The number of nitrogens with one attached hydrogen (secondary N) is 2. The number of aryl methyl sites for hydroxylation is 2. The van der Waals surface area contributed by atoms with Crippen LogP contribution in [0.25, 0.3) is 0 Å². The van der Waals surface area contributed by atoms with Crippen LogP contribution < -0.4 is 10.6 Å². The molecular formula is C18H18N4O4S2. The number of methoxy groups -OCH3 is 2. The maximum atomic E-state index is 11.7. The largest absolute Gasteiger partial charge is 0.464 e. The van der Waals surface area contributed by atoms with Crippen LogP contribution in [0.4, 0.5) is 21.6 Å². The van der Waals surface area contributed by atoms with E-state index in [1.54, 1.807) is 0 Å². The summed E-state index contributed by atoms with van der Waals surface area (Å²) in [7, 11) is 2.66. The van der Waals surface area contributed by atoms with Gasteiger partial charge in [-0.25, -0.2) is 19.6 Å². The molecule has 0 aliphatic carbocycles. The van der Waals surface area contributed by atoms with E-state index in [9.17, 15) is 9.59 Å². The number of ether oxygens (including phenoxy) is 2. The predicted octanol–water partition coefficient (Wildman–Crippen LogP) is 4.28. The van der Waals surface area contributed by atoms with Crippen molar-refractivity contribution in [2.75, 3.05) is 24.9 Å². The number of rotatable bonds is 6. The molecule has 28 heavy (non-hydrogen) atoms. The quantitative estimate of drug-likeness (QED) is 0.572. The van der Waals surface area contributed by atoms with E-state index < -0.39 is 11.9 Å². The maximum absolute atomic E-state index is 11.7. The van der Waals surface area contributed by atoms with Crippen LogP contribution in [0, 0.1) is 13.8 Å². The number of hydrogen-bond donors (Lipinski definition) is 2. The molecule has 0 saturated heterocycles. The van der Waals surface area contributed by atoms with E-state index in [0.29, 0.717) is 21.7 Å². The summed E-state index contributed by atoms with van der Waals surface area (Å²) in [6.45, 7) is 3.63. The van der Waals surface area contributed by atoms with Crippen LogP contribution in [-0.2, 0) is 9.47 Å². The van der Waals surface area contributed by atoms with Gasteiger partial charge >= 0.3 is 11.9 Å². The van der Waals surface area contributed by atoms with Gasteiger partial charge in [0.25, 0.3) is 0 Å². The highest BCUT2D eigenvalue weighted by molar-refractivity contribution is 7.16. The van der Waals surface area contributed by atoms with E-state index >= 15 is 0 Å². The van der Waals surface area contributed by atoms with Crippen molar-refractivity contribution in [3.8, 4) is 0 Å². The van der Waals surface area contributed by atoms with Crippen molar-refractivity contribution in [2.24, 2.45) is 0 Å². The third-order valence-corrected chi connectivity index (χ3v) is 5.49. The average molecular weight is 419 g/mol. The summed E-state index contributed by atoms with van der Waals surface area (Å²) in [6.07, 6.45) is 0. The lowest BCUT2D eigenvalue weighted by molar-refractivity contribution is 0.0585. The number of aromatic nitrogens is 2. The normalized spacial score (nSPS) is 10.4. The highest BCUT2D eigenvalue weighted by atomic mass is 32.1. The standard InChI is InChI=1S/C18H18N4O4S2/c1-9-13(15(23)25-3)21-17(27-9)19-11-6-5-7-12(8-11)20-18-22-14(10(2)28-18)16(24)26-4/h5-8H,1-4H3,(H,19,21)(H,20,22). The van der Waals surface area contributed by atoms with Gasteiger partial charge in [0.15, 0.2) is 21.7 Å². The number of carbonyl (C=O) groups is 2. The molecule has 0 aliphatic rings. The highest BCUT2D eigenvalue weighted by Crippen LogP contribution is 2.29. The first-order valence-corrected chi connectivity index (χ1v) is 9.80. The maximum Gasteiger partial charge on any atom is 0.357 e. The Balaban J connectivity index is 1.76. The molecule has 1 aromatic carbocycles. The molecule has 0 saturated carbocycles. The molecule has 2 N–H and O–H groups in total.